The molecule has 1 heterocycles. The minimum absolute atomic E-state index is 0.0452. The first-order valence-electron chi connectivity index (χ1n) is 6.66. The average molecular weight is 315 g/mol. The van der Waals surface area contributed by atoms with Crippen molar-refractivity contribution in [1.29, 1.82) is 0 Å². The zero-order chi connectivity index (χ0) is 15.4. The average Bonchev–Trinajstić information content (AvgIpc) is 2.81. The Morgan fingerprint density at radius 2 is 2.14 bits per heavy atom. The first-order chi connectivity index (χ1) is 10.2. The van der Waals surface area contributed by atoms with Crippen LogP contribution in [0.15, 0.2) is 10.6 Å². The molecule has 5 nitrogen and oxygen atoms in total. The molecule has 0 N–H and O–H groups in total. The monoisotopic (exact) mass is 314 g/mol. The van der Waals surface area contributed by atoms with Gasteiger partial charge >= 0.3 is 0 Å². The molecule has 0 saturated heterocycles. The summed E-state index contributed by atoms with van der Waals surface area (Å²) in [7, 11) is 0. The fourth-order valence-electron chi connectivity index (χ4n) is 2.34. The smallest absolute Gasteiger partial charge is 0.197 e. The Kier molecular flexibility index (Phi) is 5.01. The van der Waals surface area contributed by atoms with Crippen LogP contribution in [0.5, 0.6) is 11.5 Å². The number of aldehydes is 1. The molecule has 0 aliphatic carbocycles. The van der Waals surface area contributed by atoms with Gasteiger partial charge in [-0.3, -0.25) is 0 Å². The van der Waals surface area contributed by atoms with Gasteiger partial charge in [-0.25, -0.2) is 4.39 Å². The molecule has 1 aliphatic heterocycles. The lowest BCUT2D eigenvalue weighted by molar-refractivity contribution is -0.108. The third-order valence-electron chi connectivity index (χ3n) is 3.12. The van der Waals surface area contributed by atoms with Gasteiger partial charge in [-0.15, -0.1) is 0 Å². The highest BCUT2D eigenvalue weighted by atomic mass is 35.5. The van der Waals surface area contributed by atoms with Crippen LogP contribution in [0.3, 0.4) is 0 Å². The van der Waals surface area contributed by atoms with E-state index in [-0.39, 0.29) is 23.7 Å². The number of amidine groups is 1. The van der Waals surface area contributed by atoms with Gasteiger partial charge in [0.2, 0.25) is 0 Å². The molecular formula is C14H16ClFN2O3. The molecule has 1 aromatic carbocycles. The van der Waals surface area contributed by atoms with Gasteiger partial charge < -0.3 is 19.2 Å². The lowest BCUT2D eigenvalue weighted by atomic mass is 10.1. The number of carbonyl (C=O) groups excluding carboxylic acids is 1. The third-order valence-corrected chi connectivity index (χ3v) is 3.28. The van der Waals surface area contributed by atoms with Gasteiger partial charge in [-0.1, -0.05) is 0 Å². The molecule has 0 unspecified atom stereocenters. The van der Waals surface area contributed by atoms with Crippen LogP contribution >= 0.6 is 11.8 Å². The summed E-state index contributed by atoms with van der Waals surface area (Å²) < 4.78 is 29.1. The van der Waals surface area contributed by atoms with Gasteiger partial charge in [0.1, 0.15) is 6.29 Å². The van der Waals surface area contributed by atoms with Crippen LogP contribution in [0.25, 0.3) is 0 Å². The van der Waals surface area contributed by atoms with E-state index < -0.39 is 5.82 Å². The first-order valence-corrected chi connectivity index (χ1v) is 7.00. The molecule has 7 heteroatoms. The topological polar surface area (TPSA) is 51.1 Å². The largest absolute Gasteiger partial charge is 0.490 e. The number of ether oxygens (including phenoxy) is 2. The van der Waals surface area contributed by atoms with E-state index in [1.165, 1.54) is 0 Å². The van der Waals surface area contributed by atoms with Gasteiger partial charge in [0, 0.05) is 18.3 Å². The van der Waals surface area contributed by atoms with Crippen molar-refractivity contribution in [1.82, 2.24) is 4.90 Å². The van der Waals surface area contributed by atoms with Gasteiger partial charge in [0.15, 0.2) is 23.2 Å². The maximum absolute atomic E-state index is 14.7. The van der Waals surface area contributed by atoms with Crippen molar-refractivity contribution in [2.75, 3.05) is 19.8 Å². The lowest BCUT2D eigenvalue weighted by Crippen LogP contribution is -2.26. The second kappa shape index (κ2) is 6.76. The van der Waals surface area contributed by atoms with E-state index in [2.05, 4.69) is 4.51 Å². The Bertz CT molecular complexity index is 578. The second-order valence-electron chi connectivity index (χ2n) is 4.37. The summed E-state index contributed by atoms with van der Waals surface area (Å²) >= 11 is 5.56. The summed E-state index contributed by atoms with van der Waals surface area (Å²) in [6.07, 6.45) is 0.721. The standard InChI is InChI=1S/C14H16ClFN2O3/c1-3-20-10-7-9-8-18(5-6-19)14(17-15)11(9)12(16)13(10)21-4-2/h6-7H,3-5,8H2,1-2H3. The molecule has 1 aliphatic rings. The van der Waals surface area contributed by atoms with Gasteiger partial charge in [0.25, 0.3) is 0 Å². The Morgan fingerprint density at radius 1 is 1.43 bits per heavy atom. The highest BCUT2D eigenvalue weighted by molar-refractivity contribution is 6.23. The summed E-state index contributed by atoms with van der Waals surface area (Å²) in [5, 5.41) is 0. The molecule has 1 aromatic rings. The number of halogens is 2. The lowest BCUT2D eigenvalue weighted by Gasteiger charge is -2.15. The van der Waals surface area contributed by atoms with E-state index in [0.29, 0.717) is 31.1 Å². The van der Waals surface area contributed by atoms with E-state index in [1.54, 1.807) is 17.9 Å². The molecule has 0 spiro atoms. The van der Waals surface area contributed by atoms with Crippen molar-refractivity contribution >= 4 is 23.9 Å². The molecule has 114 valence electrons. The summed E-state index contributed by atoms with van der Waals surface area (Å²) in [5.41, 5.74) is 0.930. The SMILES string of the molecule is CCOc1cc2c(c(F)c1OCC)C(=NCl)N(CC=O)C2. The van der Waals surface area contributed by atoms with Crippen molar-refractivity contribution in [3.63, 3.8) is 0 Å². The van der Waals surface area contributed by atoms with Crippen molar-refractivity contribution in [3.8, 4) is 11.5 Å². The Labute approximate surface area is 127 Å². The molecule has 0 amide bonds. The van der Waals surface area contributed by atoms with Crippen LogP contribution in [0.1, 0.15) is 25.0 Å². The molecular weight excluding hydrogens is 299 g/mol. The molecule has 0 atom stereocenters. The van der Waals surface area contributed by atoms with Crippen LogP contribution < -0.4 is 9.47 Å². The maximum Gasteiger partial charge on any atom is 0.197 e. The minimum atomic E-state index is -0.564. The first kappa shape index (κ1) is 15.6. The minimum Gasteiger partial charge on any atom is -0.490 e. The normalized spacial score (nSPS) is 15.2. The van der Waals surface area contributed by atoms with E-state index in [9.17, 15) is 9.18 Å². The van der Waals surface area contributed by atoms with Gasteiger partial charge in [0.05, 0.1) is 25.3 Å². The number of fused-ring (bicyclic) bond motifs is 1. The number of carbonyl (C=O) groups is 1. The molecule has 0 radical (unpaired) electrons. The van der Waals surface area contributed by atoms with Crippen molar-refractivity contribution in [2.45, 2.75) is 20.4 Å². The van der Waals surface area contributed by atoms with Crippen molar-refractivity contribution in [2.24, 2.45) is 4.51 Å². The van der Waals surface area contributed by atoms with Crippen molar-refractivity contribution < 1.29 is 18.7 Å². The fourth-order valence-corrected chi connectivity index (χ4v) is 2.53. The quantitative estimate of drug-likeness (QED) is 0.757. The molecule has 2 rings (SSSR count). The van der Waals surface area contributed by atoms with Crippen LogP contribution in [-0.4, -0.2) is 36.8 Å². The number of hydrogen-bond donors (Lipinski definition) is 0. The van der Waals surface area contributed by atoms with Crippen LogP contribution in [0.4, 0.5) is 4.39 Å². The Hall–Kier alpha value is -1.82. The third kappa shape index (κ3) is 2.81. The zero-order valence-corrected chi connectivity index (χ0v) is 12.6. The molecule has 0 saturated carbocycles. The maximum atomic E-state index is 14.7. The molecule has 21 heavy (non-hydrogen) atoms. The second-order valence-corrected chi connectivity index (χ2v) is 4.54. The van der Waals surface area contributed by atoms with Crippen LogP contribution in [0, 0.1) is 5.82 Å². The van der Waals surface area contributed by atoms with Crippen LogP contribution in [-0.2, 0) is 11.3 Å². The van der Waals surface area contributed by atoms with E-state index in [0.717, 1.165) is 6.29 Å². The predicted molar refractivity (Wildman–Crippen MR) is 77.6 cm³/mol. The Morgan fingerprint density at radius 3 is 2.71 bits per heavy atom. The number of nitrogens with zero attached hydrogens (tertiary/aromatic N) is 2. The number of benzene rings is 1. The fraction of sp³-hybridized carbons (Fsp3) is 0.429. The summed E-state index contributed by atoms with van der Waals surface area (Å²) in [6.45, 7) is 4.72. The van der Waals surface area contributed by atoms with E-state index in [4.69, 9.17) is 21.3 Å². The van der Waals surface area contributed by atoms with E-state index in [1.807, 2.05) is 6.92 Å². The summed E-state index contributed by atoms with van der Waals surface area (Å²) in [6, 6.07) is 1.71. The van der Waals surface area contributed by atoms with Crippen molar-refractivity contribution in [3.05, 3.63) is 23.0 Å². The molecule has 0 aromatic heterocycles. The molecule has 0 bridgehead atoms. The summed E-state index contributed by atoms with van der Waals surface area (Å²) in [4.78, 5) is 12.3. The van der Waals surface area contributed by atoms with Crippen LogP contribution in [0.2, 0.25) is 0 Å². The highest BCUT2D eigenvalue weighted by Crippen LogP contribution is 2.39. The molecule has 0 fully saturated rings. The predicted octanol–water partition coefficient (Wildman–Crippen LogP) is 2.54. The van der Waals surface area contributed by atoms with Gasteiger partial charge in [-0.2, -0.15) is 4.51 Å². The number of hydrogen-bond acceptors (Lipinski definition) is 4. The highest BCUT2D eigenvalue weighted by Gasteiger charge is 2.32. The number of rotatable bonds is 6. The summed E-state index contributed by atoms with van der Waals surface area (Å²) in [5.74, 6) is 0.0622. The van der Waals surface area contributed by atoms with E-state index >= 15 is 0 Å². The zero-order valence-electron chi connectivity index (χ0n) is 11.9. The Balaban J connectivity index is 2.55. The van der Waals surface area contributed by atoms with Gasteiger partial charge in [-0.05, 0) is 25.5 Å².